The van der Waals surface area contributed by atoms with Crippen LogP contribution in [0.25, 0.3) is 6.08 Å². The summed E-state index contributed by atoms with van der Waals surface area (Å²) in [7, 11) is 0. The van der Waals surface area contributed by atoms with Crippen LogP contribution in [0.5, 0.6) is 11.5 Å². The topological polar surface area (TPSA) is 100 Å². The summed E-state index contributed by atoms with van der Waals surface area (Å²) >= 11 is 1.24. The number of pyridine rings is 1. The van der Waals surface area contributed by atoms with Gasteiger partial charge in [-0.3, -0.25) is 15.2 Å². The molecule has 0 fully saturated rings. The van der Waals surface area contributed by atoms with E-state index >= 15 is 0 Å². The van der Waals surface area contributed by atoms with Gasteiger partial charge in [0.15, 0.2) is 5.84 Å². The van der Waals surface area contributed by atoms with E-state index in [0.717, 1.165) is 16.9 Å². The first-order chi connectivity index (χ1) is 17.5. The molecule has 3 heterocycles. The molecular formula is C27H23N5O3S. The highest BCUT2D eigenvalue weighted by molar-refractivity contribution is 8.27. The normalized spacial score (nSPS) is 16.1. The monoisotopic (exact) mass is 497 g/mol. The summed E-state index contributed by atoms with van der Waals surface area (Å²) in [5.41, 5.74) is 4.15. The average molecular weight is 498 g/mol. The predicted octanol–water partition coefficient (Wildman–Crippen LogP) is 4.82. The quantitative estimate of drug-likeness (QED) is 0.371. The van der Waals surface area contributed by atoms with Crippen molar-refractivity contribution in [3.63, 3.8) is 0 Å². The Kier molecular flexibility index (Phi) is 6.64. The zero-order chi connectivity index (χ0) is 25.1. The number of hydrogen-bond acceptors (Lipinski definition) is 7. The molecule has 0 unspecified atom stereocenters. The van der Waals surface area contributed by atoms with Crippen molar-refractivity contribution in [2.24, 2.45) is 10.1 Å². The number of thioether (sulfide) groups is 1. The number of amides is 1. The van der Waals surface area contributed by atoms with E-state index in [2.05, 4.69) is 28.9 Å². The lowest BCUT2D eigenvalue weighted by Crippen LogP contribution is -2.35. The highest BCUT2D eigenvalue weighted by atomic mass is 32.2. The maximum absolute atomic E-state index is 12.7. The van der Waals surface area contributed by atoms with E-state index in [0.29, 0.717) is 29.2 Å². The third-order valence-corrected chi connectivity index (χ3v) is 6.61. The standard InChI is InChI=1S/C27H23N5O3S/c1-17-5-8-22(14-18(17)2)35-13-12-34-21-9-6-19(7-10-21)15-23-24(28)32-27(30-25(23)33)36-26(31-32)20-4-3-11-29-16-20/h3-11,14-16,28H,12-13H2,1-2H3/b23-15-,28-24?. The van der Waals surface area contributed by atoms with Gasteiger partial charge in [-0.1, -0.05) is 18.2 Å². The first-order valence-corrected chi connectivity index (χ1v) is 12.1. The SMILES string of the molecule is Cc1ccc(OCCOc2ccc(/C=C3/C(=N)N4N=C(c5cccnc5)SC4=NC3=O)cc2)cc1C. The van der Waals surface area contributed by atoms with Crippen molar-refractivity contribution in [1.29, 1.82) is 5.41 Å². The van der Waals surface area contributed by atoms with Crippen molar-refractivity contribution in [3.05, 3.63) is 94.8 Å². The molecule has 0 radical (unpaired) electrons. The molecule has 1 amide bonds. The van der Waals surface area contributed by atoms with Crippen LogP contribution >= 0.6 is 11.8 Å². The molecule has 0 saturated heterocycles. The van der Waals surface area contributed by atoms with Crippen LogP contribution in [-0.4, -0.2) is 45.2 Å². The van der Waals surface area contributed by atoms with Gasteiger partial charge in [-0.2, -0.15) is 15.1 Å². The number of nitrogens with one attached hydrogen (secondary N) is 1. The number of hydrogen-bond donors (Lipinski definition) is 1. The molecule has 0 bridgehead atoms. The fourth-order valence-electron chi connectivity index (χ4n) is 3.55. The molecule has 180 valence electrons. The van der Waals surface area contributed by atoms with E-state index in [-0.39, 0.29) is 11.4 Å². The highest BCUT2D eigenvalue weighted by Crippen LogP contribution is 2.30. The number of aromatic nitrogens is 1. The second kappa shape index (κ2) is 10.2. The summed E-state index contributed by atoms with van der Waals surface area (Å²) in [6.07, 6.45) is 5.00. The summed E-state index contributed by atoms with van der Waals surface area (Å²) in [5, 5.41) is 15.4. The first kappa shape index (κ1) is 23.5. The van der Waals surface area contributed by atoms with Gasteiger partial charge in [0.1, 0.15) is 29.8 Å². The van der Waals surface area contributed by atoms with Crippen molar-refractivity contribution in [2.75, 3.05) is 13.2 Å². The van der Waals surface area contributed by atoms with E-state index < -0.39 is 5.91 Å². The first-order valence-electron chi connectivity index (χ1n) is 11.3. The van der Waals surface area contributed by atoms with Gasteiger partial charge in [0.2, 0.25) is 5.17 Å². The predicted molar refractivity (Wildman–Crippen MR) is 142 cm³/mol. The molecule has 0 saturated carbocycles. The molecule has 1 aromatic heterocycles. The van der Waals surface area contributed by atoms with Crippen molar-refractivity contribution in [2.45, 2.75) is 13.8 Å². The fourth-order valence-corrected chi connectivity index (χ4v) is 4.43. The minimum atomic E-state index is -0.467. The van der Waals surface area contributed by atoms with Crippen LogP contribution in [0, 0.1) is 19.3 Å². The van der Waals surface area contributed by atoms with Gasteiger partial charge in [0.05, 0.1) is 5.57 Å². The van der Waals surface area contributed by atoms with Crippen molar-refractivity contribution < 1.29 is 14.3 Å². The lowest BCUT2D eigenvalue weighted by molar-refractivity contribution is -0.114. The second-order valence-electron chi connectivity index (χ2n) is 8.18. The van der Waals surface area contributed by atoms with E-state index in [1.807, 2.05) is 54.6 Å². The number of amidine groups is 2. The fraction of sp³-hybridized carbons (Fsp3) is 0.148. The summed E-state index contributed by atoms with van der Waals surface area (Å²) < 4.78 is 11.5. The molecule has 0 atom stereocenters. The average Bonchev–Trinajstić information content (AvgIpc) is 3.32. The molecule has 0 spiro atoms. The number of aliphatic imine (C=N–C) groups is 1. The van der Waals surface area contributed by atoms with Crippen LogP contribution in [-0.2, 0) is 4.79 Å². The maximum atomic E-state index is 12.7. The molecule has 3 aromatic rings. The Balaban J connectivity index is 1.21. The van der Waals surface area contributed by atoms with Crippen molar-refractivity contribution in [1.82, 2.24) is 9.99 Å². The van der Waals surface area contributed by atoms with Crippen molar-refractivity contribution in [3.8, 4) is 11.5 Å². The van der Waals surface area contributed by atoms with Gasteiger partial charge in [-0.15, -0.1) is 0 Å². The number of hydrazone groups is 1. The molecule has 9 heteroatoms. The Morgan fingerprint density at radius 2 is 1.75 bits per heavy atom. The molecule has 2 aliphatic heterocycles. The minimum absolute atomic E-state index is 0.0137. The number of benzene rings is 2. The van der Waals surface area contributed by atoms with Crippen LogP contribution in [0.4, 0.5) is 0 Å². The zero-order valence-electron chi connectivity index (χ0n) is 19.8. The molecule has 2 aromatic carbocycles. The number of nitrogens with zero attached hydrogens (tertiary/aromatic N) is 4. The summed E-state index contributed by atoms with van der Waals surface area (Å²) in [5.74, 6) is 1.03. The molecule has 36 heavy (non-hydrogen) atoms. The summed E-state index contributed by atoms with van der Waals surface area (Å²) in [4.78, 5) is 20.9. The Bertz CT molecular complexity index is 1420. The minimum Gasteiger partial charge on any atom is -0.490 e. The van der Waals surface area contributed by atoms with E-state index in [1.54, 1.807) is 18.5 Å². The number of ether oxygens (including phenoxy) is 2. The van der Waals surface area contributed by atoms with Crippen LogP contribution in [0.3, 0.4) is 0 Å². The smallest absolute Gasteiger partial charge is 0.283 e. The molecule has 1 N–H and O–H groups in total. The lowest BCUT2D eigenvalue weighted by Gasteiger charge is -2.20. The maximum Gasteiger partial charge on any atom is 0.283 e. The molecule has 2 aliphatic rings. The molecular weight excluding hydrogens is 474 g/mol. The molecule has 8 nitrogen and oxygen atoms in total. The van der Waals surface area contributed by atoms with Gasteiger partial charge in [-0.05, 0) is 84.8 Å². The Morgan fingerprint density at radius 1 is 1.00 bits per heavy atom. The largest absolute Gasteiger partial charge is 0.490 e. The van der Waals surface area contributed by atoms with Gasteiger partial charge in [0.25, 0.3) is 5.91 Å². The zero-order valence-corrected chi connectivity index (χ0v) is 20.6. The van der Waals surface area contributed by atoms with E-state index in [4.69, 9.17) is 14.9 Å². The van der Waals surface area contributed by atoms with Gasteiger partial charge < -0.3 is 9.47 Å². The number of carbonyl (C=O) groups is 1. The summed E-state index contributed by atoms with van der Waals surface area (Å²) in [6, 6.07) is 17.0. The lowest BCUT2D eigenvalue weighted by atomic mass is 10.1. The molecule has 5 rings (SSSR count). The number of rotatable bonds is 7. The van der Waals surface area contributed by atoms with Crippen LogP contribution in [0.15, 0.2) is 82.7 Å². The number of fused-ring (bicyclic) bond motifs is 1. The Hall–Kier alpha value is -4.24. The molecule has 0 aliphatic carbocycles. The van der Waals surface area contributed by atoms with Gasteiger partial charge >= 0.3 is 0 Å². The Morgan fingerprint density at radius 3 is 2.47 bits per heavy atom. The van der Waals surface area contributed by atoms with Crippen LogP contribution < -0.4 is 9.47 Å². The van der Waals surface area contributed by atoms with Gasteiger partial charge in [0, 0.05) is 18.0 Å². The highest BCUT2D eigenvalue weighted by Gasteiger charge is 2.36. The third kappa shape index (κ3) is 5.06. The Labute approximate surface area is 212 Å². The number of carbonyl (C=O) groups excluding carboxylic acids is 1. The van der Waals surface area contributed by atoms with E-state index in [1.165, 1.54) is 27.9 Å². The van der Waals surface area contributed by atoms with E-state index in [9.17, 15) is 4.79 Å². The van der Waals surface area contributed by atoms with Crippen molar-refractivity contribution >= 4 is 39.8 Å². The van der Waals surface area contributed by atoms with Crippen LogP contribution in [0.2, 0.25) is 0 Å². The number of aryl methyl sites for hydroxylation is 2. The third-order valence-electron chi connectivity index (χ3n) is 5.65. The second-order valence-corrected chi connectivity index (χ2v) is 9.13. The van der Waals surface area contributed by atoms with Crippen LogP contribution in [0.1, 0.15) is 22.3 Å². The van der Waals surface area contributed by atoms with Gasteiger partial charge in [-0.25, -0.2) is 0 Å². The summed E-state index contributed by atoms with van der Waals surface area (Å²) in [6.45, 7) is 4.95.